The van der Waals surface area contributed by atoms with Crippen LogP contribution in [0.15, 0.2) is 28.9 Å². The molecule has 0 aliphatic heterocycles. The van der Waals surface area contributed by atoms with E-state index in [2.05, 4.69) is 9.47 Å². The summed E-state index contributed by atoms with van der Waals surface area (Å²) in [7, 11) is 2.24. The third-order valence-electron chi connectivity index (χ3n) is 3.40. The van der Waals surface area contributed by atoms with E-state index < -0.39 is 47.1 Å². The lowest BCUT2D eigenvalue weighted by molar-refractivity contribution is -0.385. The number of nitro groups is 1. The zero-order valence-electron chi connectivity index (χ0n) is 14.5. The van der Waals surface area contributed by atoms with Crippen molar-refractivity contribution in [2.75, 3.05) is 14.2 Å². The zero-order valence-corrected chi connectivity index (χ0v) is 14.5. The fraction of sp³-hybridized carbons (Fsp3) is 0.250. The van der Waals surface area contributed by atoms with Crippen LogP contribution in [-0.4, -0.2) is 37.7 Å². The number of alkyl halides is 2. The first-order chi connectivity index (χ1) is 13.3. The Bertz CT molecular complexity index is 894. The molecule has 0 aliphatic rings. The van der Waals surface area contributed by atoms with Crippen LogP contribution in [0.25, 0.3) is 0 Å². The van der Waals surface area contributed by atoms with E-state index in [9.17, 15) is 28.5 Å². The maximum atomic E-state index is 12.5. The molecule has 2 aromatic rings. The van der Waals surface area contributed by atoms with Crippen LogP contribution in [-0.2, 0) is 16.1 Å². The van der Waals surface area contributed by atoms with Crippen molar-refractivity contribution in [1.29, 1.82) is 0 Å². The van der Waals surface area contributed by atoms with Gasteiger partial charge in [0.05, 0.1) is 31.5 Å². The number of hydrogen-bond acceptors (Lipinski definition) is 9. The van der Waals surface area contributed by atoms with Gasteiger partial charge >= 0.3 is 18.6 Å². The van der Waals surface area contributed by atoms with Gasteiger partial charge in [0.25, 0.3) is 5.69 Å². The first-order valence-electron chi connectivity index (χ1n) is 7.41. The molecule has 0 bridgehead atoms. The molecule has 0 aliphatic carbocycles. The summed E-state index contributed by atoms with van der Waals surface area (Å²) in [4.78, 5) is 34.1. The second-order valence-corrected chi connectivity index (χ2v) is 4.98. The summed E-state index contributed by atoms with van der Waals surface area (Å²) in [5, 5.41) is 11.2. The topological polar surface area (TPSA) is 127 Å². The van der Waals surface area contributed by atoms with Gasteiger partial charge in [-0.1, -0.05) is 0 Å². The summed E-state index contributed by atoms with van der Waals surface area (Å²) in [5.74, 6) is -2.93. The third-order valence-corrected chi connectivity index (χ3v) is 3.40. The number of halogens is 2. The fourth-order valence-corrected chi connectivity index (χ4v) is 2.16. The number of carbonyl (C=O) groups is 2. The van der Waals surface area contributed by atoms with Gasteiger partial charge in [-0.15, -0.1) is 0 Å². The number of furan rings is 1. The summed E-state index contributed by atoms with van der Waals surface area (Å²) in [5.41, 5.74) is -1.41. The van der Waals surface area contributed by atoms with Gasteiger partial charge in [-0.25, -0.2) is 9.59 Å². The van der Waals surface area contributed by atoms with Gasteiger partial charge in [-0.05, 0) is 6.07 Å². The lowest BCUT2D eigenvalue weighted by Gasteiger charge is -2.12. The smallest absolute Gasteiger partial charge is 0.387 e. The van der Waals surface area contributed by atoms with Crippen LogP contribution in [0, 0.1) is 10.1 Å². The Hall–Kier alpha value is -3.70. The van der Waals surface area contributed by atoms with Gasteiger partial charge in [0.1, 0.15) is 11.1 Å². The van der Waals surface area contributed by atoms with Crippen LogP contribution in [0.5, 0.6) is 11.5 Å². The minimum atomic E-state index is -3.26. The highest BCUT2D eigenvalue weighted by Gasteiger charge is 2.27. The van der Waals surface area contributed by atoms with Crippen molar-refractivity contribution in [2.45, 2.75) is 13.2 Å². The number of methoxy groups -OCH3 is 2. The predicted molar refractivity (Wildman–Crippen MR) is 85.4 cm³/mol. The quantitative estimate of drug-likeness (QED) is 0.372. The van der Waals surface area contributed by atoms with E-state index in [0.717, 1.165) is 26.5 Å². The number of benzene rings is 1. The van der Waals surface area contributed by atoms with Crippen LogP contribution in [0.2, 0.25) is 0 Å². The van der Waals surface area contributed by atoms with Gasteiger partial charge in [0.15, 0.2) is 23.9 Å². The van der Waals surface area contributed by atoms with Crippen molar-refractivity contribution < 1.29 is 46.7 Å². The van der Waals surface area contributed by atoms with Crippen molar-refractivity contribution in [3.63, 3.8) is 0 Å². The van der Waals surface area contributed by atoms with Crippen molar-refractivity contribution in [2.24, 2.45) is 0 Å². The number of hydrogen-bond donors (Lipinski definition) is 0. The minimum absolute atomic E-state index is 0.00283. The molecule has 0 spiro atoms. The van der Waals surface area contributed by atoms with E-state index in [4.69, 9.17) is 13.9 Å². The molecule has 1 aromatic heterocycles. The SMILES string of the molecule is COC(=O)c1ccoc1COC(=O)c1cc(OC)c(OC(F)F)cc1[N+](=O)[O-]. The maximum Gasteiger partial charge on any atom is 0.387 e. The van der Waals surface area contributed by atoms with Gasteiger partial charge in [0, 0.05) is 6.07 Å². The number of ether oxygens (including phenoxy) is 4. The van der Waals surface area contributed by atoms with Gasteiger partial charge in [0.2, 0.25) is 0 Å². The maximum absolute atomic E-state index is 12.5. The van der Waals surface area contributed by atoms with Crippen molar-refractivity contribution >= 4 is 17.6 Å². The lowest BCUT2D eigenvalue weighted by atomic mass is 10.1. The molecular formula is C16H13F2NO9. The van der Waals surface area contributed by atoms with E-state index in [1.54, 1.807) is 0 Å². The van der Waals surface area contributed by atoms with Crippen LogP contribution >= 0.6 is 0 Å². The Morgan fingerprint density at radius 2 is 1.89 bits per heavy atom. The Balaban J connectivity index is 2.30. The minimum Gasteiger partial charge on any atom is -0.493 e. The third kappa shape index (κ3) is 4.52. The molecule has 2 rings (SSSR count). The summed E-state index contributed by atoms with van der Waals surface area (Å²) in [6.45, 7) is -3.80. The first kappa shape index (κ1) is 20.6. The molecule has 0 N–H and O–H groups in total. The number of nitro benzene ring substituents is 1. The Kier molecular flexibility index (Phi) is 6.47. The van der Waals surface area contributed by atoms with E-state index in [-0.39, 0.29) is 17.1 Å². The fourth-order valence-electron chi connectivity index (χ4n) is 2.16. The second-order valence-electron chi connectivity index (χ2n) is 4.98. The highest BCUT2D eigenvalue weighted by atomic mass is 19.3. The lowest BCUT2D eigenvalue weighted by Crippen LogP contribution is -2.11. The van der Waals surface area contributed by atoms with Gasteiger partial charge < -0.3 is 23.4 Å². The molecule has 0 atom stereocenters. The number of carbonyl (C=O) groups excluding carboxylic acids is 2. The van der Waals surface area contributed by atoms with Gasteiger partial charge in [-0.3, -0.25) is 10.1 Å². The summed E-state index contributed by atoms with van der Waals surface area (Å²) in [6, 6.07) is 2.74. The van der Waals surface area contributed by atoms with Crippen molar-refractivity contribution in [1.82, 2.24) is 0 Å². The molecule has 0 saturated heterocycles. The molecule has 0 fully saturated rings. The standard InChI is InChI=1S/C16H13F2NO9/c1-24-11-5-9(10(19(22)23)6-12(11)28-16(17)18)15(21)27-7-13-8(3-4-26-13)14(20)25-2/h3-6,16H,7H2,1-2H3. The predicted octanol–water partition coefficient (Wildman–Crippen LogP) is 2.94. The average molecular weight is 401 g/mol. The molecule has 0 saturated carbocycles. The molecule has 150 valence electrons. The highest BCUT2D eigenvalue weighted by Crippen LogP contribution is 2.36. The van der Waals surface area contributed by atoms with Crippen LogP contribution in [0.1, 0.15) is 26.5 Å². The van der Waals surface area contributed by atoms with Crippen LogP contribution in [0.4, 0.5) is 14.5 Å². The van der Waals surface area contributed by atoms with E-state index >= 15 is 0 Å². The van der Waals surface area contributed by atoms with Gasteiger partial charge in [-0.2, -0.15) is 8.78 Å². The molecule has 12 heteroatoms. The van der Waals surface area contributed by atoms with Crippen molar-refractivity contribution in [3.8, 4) is 11.5 Å². The van der Waals surface area contributed by atoms with Crippen LogP contribution in [0.3, 0.4) is 0 Å². The van der Waals surface area contributed by atoms with E-state index in [1.807, 2.05) is 0 Å². The Labute approximate surface area is 155 Å². The number of esters is 2. The van der Waals surface area contributed by atoms with Crippen molar-refractivity contribution in [3.05, 3.63) is 51.5 Å². The monoisotopic (exact) mass is 401 g/mol. The van der Waals surface area contributed by atoms with Crippen LogP contribution < -0.4 is 9.47 Å². The van der Waals surface area contributed by atoms with E-state index in [0.29, 0.717) is 6.07 Å². The average Bonchev–Trinajstić information content (AvgIpc) is 3.13. The normalized spacial score (nSPS) is 10.5. The first-order valence-corrected chi connectivity index (χ1v) is 7.41. The Morgan fingerprint density at radius 1 is 1.18 bits per heavy atom. The zero-order chi connectivity index (χ0) is 20.8. The second kappa shape index (κ2) is 8.79. The molecule has 1 heterocycles. The highest BCUT2D eigenvalue weighted by molar-refractivity contribution is 5.95. The number of rotatable bonds is 8. The largest absolute Gasteiger partial charge is 0.493 e. The summed E-state index contributed by atoms with van der Waals surface area (Å²) >= 11 is 0. The molecule has 1 aromatic carbocycles. The molecule has 10 nitrogen and oxygen atoms in total. The molecule has 28 heavy (non-hydrogen) atoms. The summed E-state index contributed by atoms with van der Waals surface area (Å²) < 4.78 is 48.4. The molecule has 0 amide bonds. The van der Waals surface area contributed by atoms with E-state index in [1.165, 1.54) is 6.07 Å². The Morgan fingerprint density at radius 3 is 2.46 bits per heavy atom. The molecule has 0 unspecified atom stereocenters. The molecule has 0 radical (unpaired) electrons. The number of nitrogens with zero attached hydrogens (tertiary/aromatic N) is 1. The molecular weight excluding hydrogens is 388 g/mol. The summed E-state index contributed by atoms with van der Waals surface area (Å²) in [6.07, 6.45) is 1.16.